The van der Waals surface area contributed by atoms with E-state index in [4.69, 9.17) is 0 Å². The van der Waals surface area contributed by atoms with Gasteiger partial charge in [-0.15, -0.1) is 0 Å². The number of urea groups is 1. The molecule has 1 heterocycles. The zero-order chi connectivity index (χ0) is 19.2. The standard InChI is InChI=1S/C20H25N5O2/c1-13-11-18(21-10-4-5-14(2)26)24-19(22-13)25-20(27)23-17-9-8-15-6-3-7-16(15)12-17/h8-9,11-12H,3-7,10H2,1-2H3,(H3,21,22,23,24,25,27). The SMILES string of the molecule is CC(=O)CCCNc1cc(C)nc(NC(=O)Nc2ccc3c(c2)CCC3)n1. The first-order valence-electron chi connectivity index (χ1n) is 9.28. The number of hydrogen-bond acceptors (Lipinski definition) is 5. The highest BCUT2D eigenvalue weighted by Gasteiger charge is 2.12. The van der Waals surface area contributed by atoms with Crippen LogP contribution in [0.25, 0.3) is 0 Å². The smallest absolute Gasteiger partial charge is 0.326 e. The summed E-state index contributed by atoms with van der Waals surface area (Å²) in [7, 11) is 0. The molecule has 0 saturated carbocycles. The molecule has 1 aliphatic rings. The number of carbonyl (C=O) groups excluding carboxylic acids is 2. The Morgan fingerprint density at radius 3 is 2.70 bits per heavy atom. The summed E-state index contributed by atoms with van der Waals surface area (Å²) >= 11 is 0. The predicted octanol–water partition coefficient (Wildman–Crippen LogP) is 3.70. The molecule has 27 heavy (non-hydrogen) atoms. The number of carbonyl (C=O) groups is 2. The van der Waals surface area contributed by atoms with E-state index in [2.05, 4.69) is 32.0 Å². The maximum atomic E-state index is 12.3. The van der Waals surface area contributed by atoms with E-state index in [9.17, 15) is 9.59 Å². The number of benzene rings is 1. The van der Waals surface area contributed by atoms with Crippen LogP contribution in [0.15, 0.2) is 24.3 Å². The number of Topliss-reactive ketones (excluding diaryl/α,β-unsaturated/α-hetero) is 1. The Kier molecular flexibility index (Phi) is 6.01. The first-order chi connectivity index (χ1) is 13.0. The minimum absolute atomic E-state index is 0.168. The van der Waals surface area contributed by atoms with E-state index in [1.165, 1.54) is 17.5 Å². The fourth-order valence-electron chi connectivity index (χ4n) is 3.18. The summed E-state index contributed by atoms with van der Waals surface area (Å²) in [6.45, 7) is 4.05. The normalized spacial score (nSPS) is 12.4. The fraction of sp³-hybridized carbons (Fsp3) is 0.400. The third kappa shape index (κ3) is 5.51. The van der Waals surface area contributed by atoms with Crippen molar-refractivity contribution in [3.63, 3.8) is 0 Å². The molecule has 1 aliphatic carbocycles. The third-order valence-electron chi connectivity index (χ3n) is 4.45. The van der Waals surface area contributed by atoms with E-state index < -0.39 is 0 Å². The average Bonchev–Trinajstić information content (AvgIpc) is 3.05. The van der Waals surface area contributed by atoms with E-state index in [-0.39, 0.29) is 17.8 Å². The number of nitrogens with zero attached hydrogens (tertiary/aromatic N) is 2. The molecule has 0 spiro atoms. The van der Waals surface area contributed by atoms with Gasteiger partial charge >= 0.3 is 6.03 Å². The van der Waals surface area contributed by atoms with Gasteiger partial charge in [0.25, 0.3) is 0 Å². The van der Waals surface area contributed by atoms with E-state index in [0.717, 1.165) is 30.6 Å². The Hall–Kier alpha value is -2.96. The summed E-state index contributed by atoms with van der Waals surface area (Å²) in [6.07, 6.45) is 4.61. The number of aromatic nitrogens is 2. The number of anilines is 3. The van der Waals surface area contributed by atoms with Gasteiger partial charge in [-0.25, -0.2) is 9.78 Å². The van der Waals surface area contributed by atoms with Crippen molar-refractivity contribution in [2.75, 3.05) is 22.5 Å². The molecule has 2 aromatic rings. The zero-order valence-electron chi connectivity index (χ0n) is 15.8. The molecule has 2 amide bonds. The zero-order valence-corrected chi connectivity index (χ0v) is 15.8. The van der Waals surface area contributed by atoms with Gasteiger partial charge in [0.15, 0.2) is 0 Å². The molecule has 0 unspecified atom stereocenters. The van der Waals surface area contributed by atoms with E-state index in [0.29, 0.717) is 18.8 Å². The average molecular weight is 367 g/mol. The number of fused-ring (bicyclic) bond motifs is 1. The number of rotatable bonds is 7. The highest BCUT2D eigenvalue weighted by atomic mass is 16.2. The van der Waals surface area contributed by atoms with Crippen LogP contribution in [0.4, 0.5) is 22.2 Å². The molecule has 1 aromatic carbocycles. The molecule has 0 atom stereocenters. The summed E-state index contributed by atoms with van der Waals surface area (Å²) in [6, 6.07) is 7.45. The van der Waals surface area contributed by atoms with E-state index in [1.807, 2.05) is 19.1 Å². The molecule has 142 valence electrons. The van der Waals surface area contributed by atoms with Crippen molar-refractivity contribution >= 4 is 29.3 Å². The maximum absolute atomic E-state index is 12.3. The van der Waals surface area contributed by atoms with Gasteiger partial charge in [0.1, 0.15) is 11.6 Å². The third-order valence-corrected chi connectivity index (χ3v) is 4.45. The Morgan fingerprint density at radius 2 is 1.89 bits per heavy atom. The lowest BCUT2D eigenvalue weighted by molar-refractivity contribution is -0.117. The van der Waals surface area contributed by atoms with Crippen LogP contribution in [-0.4, -0.2) is 28.3 Å². The molecule has 7 heteroatoms. The summed E-state index contributed by atoms with van der Waals surface area (Å²) in [5.74, 6) is 1.03. The van der Waals surface area contributed by atoms with Crippen LogP contribution in [-0.2, 0) is 17.6 Å². The van der Waals surface area contributed by atoms with E-state index in [1.54, 1.807) is 13.0 Å². The molecular formula is C20H25N5O2. The van der Waals surface area contributed by atoms with E-state index >= 15 is 0 Å². The molecule has 0 saturated heterocycles. The van der Waals surface area contributed by atoms with Crippen LogP contribution >= 0.6 is 0 Å². The lowest BCUT2D eigenvalue weighted by atomic mass is 10.1. The molecule has 0 aliphatic heterocycles. The topological polar surface area (TPSA) is 96.0 Å². The number of ketones is 1. The maximum Gasteiger partial charge on any atom is 0.326 e. The largest absolute Gasteiger partial charge is 0.370 e. The highest BCUT2D eigenvalue weighted by molar-refractivity contribution is 5.98. The van der Waals surface area contributed by atoms with Gasteiger partial charge in [-0.1, -0.05) is 6.07 Å². The Bertz CT molecular complexity index is 850. The lowest BCUT2D eigenvalue weighted by Crippen LogP contribution is -2.21. The first kappa shape index (κ1) is 18.8. The summed E-state index contributed by atoms with van der Waals surface area (Å²) in [5.41, 5.74) is 4.18. The van der Waals surface area contributed by atoms with Crippen molar-refractivity contribution in [1.82, 2.24) is 9.97 Å². The van der Waals surface area contributed by atoms with Gasteiger partial charge in [0, 0.05) is 30.4 Å². The van der Waals surface area contributed by atoms with Crippen molar-refractivity contribution in [3.05, 3.63) is 41.1 Å². The molecule has 0 radical (unpaired) electrons. The predicted molar refractivity (Wildman–Crippen MR) is 106 cm³/mol. The number of amides is 2. The van der Waals surface area contributed by atoms with Crippen molar-refractivity contribution in [1.29, 1.82) is 0 Å². The lowest BCUT2D eigenvalue weighted by Gasteiger charge is -2.10. The Labute approximate surface area is 159 Å². The number of nitrogens with one attached hydrogen (secondary N) is 3. The molecule has 3 rings (SSSR count). The van der Waals surface area contributed by atoms with Crippen LogP contribution in [0, 0.1) is 6.92 Å². The van der Waals surface area contributed by atoms with Gasteiger partial charge in [-0.2, -0.15) is 4.98 Å². The minimum atomic E-state index is -0.374. The van der Waals surface area contributed by atoms with Gasteiger partial charge in [0.2, 0.25) is 5.95 Å². The second-order valence-corrected chi connectivity index (χ2v) is 6.87. The fourth-order valence-corrected chi connectivity index (χ4v) is 3.18. The van der Waals surface area contributed by atoms with Crippen molar-refractivity contribution in [2.24, 2.45) is 0 Å². The summed E-state index contributed by atoms with van der Waals surface area (Å²) in [5, 5.41) is 8.67. The second-order valence-electron chi connectivity index (χ2n) is 6.87. The molecular weight excluding hydrogens is 342 g/mol. The van der Waals surface area contributed by atoms with Gasteiger partial charge in [0.05, 0.1) is 0 Å². The molecule has 7 nitrogen and oxygen atoms in total. The Morgan fingerprint density at radius 1 is 1.07 bits per heavy atom. The monoisotopic (exact) mass is 367 g/mol. The second kappa shape index (κ2) is 8.62. The molecule has 0 fully saturated rings. The first-order valence-corrected chi connectivity index (χ1v) is 9.28. The molecule has 1 aromatic heterocycles. The van der Waals surface area contributed by atoms with Crippen LogP contribution in [0.1, 0.15) is 43.0 Å². The van der Waals surface area contributed by atoms with Crippen LogP contribution in [0.5, 0.6) is 0 Å². The van der Waals surface area contributed by atoms with Crippen molar-refractivity contribution in [3.8, 4) is 0 Å². The quantitative estimate of drug-likeness (QED) is 0.649. The summed E-state index contributed by atoms with van der Waals surface area (Å²) < 4.78 is 0. The number of hydrogen-bond donors (Lipinski definition) is 3. The molecule has 3 N–H and O–H groups in total. The van der Waals surface area contributed by atoms with Crippen LogP contribution in [0.3, 0.4) is 0 Å². The van der Waals surface area contributed by atoms with Gasteiger partial charge < -0.3 is 15.4 Å². The number of aryl methyl sites for hydroxylation is 3. The van der Waals surface area contributed by atoms with Crippen molar-refractivity contribution in [2.45, 2.75) is 46.0 Å². The van der Waals surface area contributed by atoms with Gasteiger partial charge in [-0.3, -0.25) is 5.32 Å². The Balaban J connectivity index is 1.57. The highest BCUT2D eigenvalue weighted by Crippen LogP contribution is 2.25. The minimum Gasteiger partial charge on any atom is -0.370 e. The van der Waals surface area contributed by atoms with Crippen LogP contribution < -0.4 is 16.0 Å². The molecule has 0 bridgehead atoms. The van der Waals surface area contributed by atoms with Crippen LogP contribution in [0.2, 0.25) is 0 Å². The van der Waals surface area contributed by atoms with Gasteiger partial charge in [-0.05, 0) is 62.8 Å². The van der Waals surface area contributed by atoms with Crippen molar-refractivity contribution < 1.29 is 9.59 Å². The summed E-state index contributed by atoms with van der Waals surface area (Å²) in [4.78, 5) is 31.8.